The van der Waals surface area contributed by atoms with Crippen LogP contribution in [0.2, 0.25) is 0 Å². The van der Waals surface area contributed by atoms with Crippen molar-refractivity contribution in [3.8, 4) is 11.9 Å². The first-order chi connectivity index (χ1) is 13.9. The van der Waals surface area contributed by atoms with Gasteiger partial charge in [0.25, 0.3) is 0 Å². The maximum Gasteiger partial charge on any atom is 0.423 e. The summed E-state index contributed by atoms with van der Waals surface area (Å²) in [7, 11) is 1.50. The second kappa shape index (κ2) is 8.01. The van der Waals surface area contributed by atoms with Crippen LogP contribution in [0, 0.1) is 0 Å². The minimum atomic E-state index is -4.60. The van der Waals surface area contributed by atoms with Crippen LogP contribution in [0.25, 0.3) is 0 Å². The topological polar surface area (TPSA) is 96.2 Å². The number of methoxy groups -OCH3 is 1. The predicted octanol–water partition coefficient (Wildman–Crippen LogP) is 2.47. The number of halogens is 3. The number of anilines is 1. The lowest BCUT2D eigenvalue weighted by atomic mass is 9.91. The van der Waals surface area contributed by atoms with Crippen molar-refractivity contribution < 1.29 is 27.4 Å². The Labute approximate surface area is 164 Å². The van der Waals surface area contributed by atoms with Gasteiger partial charge < -0.3 is 19.5 Å². The Morgan fingerprint density at radius 1 is 1.24 bits per heavy atom. The van der Waals surface area contributed by atoms with Crippen molar-refractivity contribution in [1.29, 1.82) is 0 Å². The van der Waals surface area contributed by atoms with Gasteiger partial charge in [0.1, 0.15) is 18.0 Å². The van der Waals surface area contributed by atoms with E-state index in [1.165, 1.54) is 7.11 Å². The lowest BCUT2D eigenvalue weighted by Crippen LogP contribution is -2.39. The quantitative estimate of drug-likeness (QED) is 0.770. The highest BCUT2D eigenvalue weighted by atomic mass is 19.4. The molecule has 2 aromatic heterocycles. The summed E-state index contributed by atoms with van der Waals surface area (Å²) in [6.07, 6.45) is 0.756. The third-order valence-corrected chi connectivity index (χ3v) is 4.97. The van der Waals surface area contributed by atoms with Crippen LogP contribution >= 0.6 is 0 Å². The van der Waals surface area contributed by atoms with Crippen LogP contribution in [0.4, 0.5) is 19.1 Å². The molecule has 1 aliphatic carbocycles. The van der Waals surface area contributed by atoms with E-state index < -0.39 is 23.7 Å². The van der Waals surface area contributed by atoms with E-state index in [1.54, 1.807) is 11.0 Å². The molecule has 0 unspecified atom stereocenters. The summed E-state index contributed by atoms with van der Waals surface area (Å²) in [5.41, 5.74) is -0.994. The molecule has 0 aromatic carbocycles. The number of ether oxygens (including phenoxy) is 3. The molecule has 4 rings (SSSR count). The Morgan fingerprint density at radius 2 is 2.07 bits per heavy atom. The van der Waals surface area contributed by atoms with Crippen molar-refractivity contribution in [3.63, 3.8) is 0 Å². The van der Waals surface area contributed by atoms with Crippen LogP contribution in [-0.4, -0.2) is 57.2 Å². The maximum atomic E-state index is 13.2. The van der Waals surface area contributed by atoms with Gasteiger partial charge in [0, 0.05) is 12.2 Å². The van der Waals surface area contributed by atoms with Crippen molar-refractivity contribution in [3.05, 3.63) is 18.1 Å². The van der Waals surface area contributed by atoms with Crippen molar-refractivity contribution in [2.24, 2.45) is 0 Å². The van der Waals surface area contributed by atoms with Gasteiger partial charge in [0.15, 0.2) is 0 Å². The Kier molecular flexibility index (Phi) is 5.43. The van der Waals surface area contributed by atoms with Crippen LogP contribution in [-0.2, 0) is 10.9 Å². The molecule has 29 heavy (non-hydrogen) atoms. The lowest BCUT2D eigenvalue weighted by Gasteiger charge is -2.30. The zero-order valence-corrected chi connectivity index (χ0v) is 15.7. The number of nitrogens with one attached hydrogen (secondary N) is 1. The lowest BCUT2D eigenvalue weighted by molar-refractivity contribution is -0.142. The molecule has 2 aliphatic rings. The molecule has 1 saturated carbocycles. The van der Waals surface area contributed by atoms with Crippen LogP contribution in [0.15, 0.2) is 12.5 Å². The average molecular weight is 414 g/mol. The van der Waals surface area contributed by atoms with Gasteiger partial charge in [0.05, 0.1) is 26.4 Å². The molecule has 0 radical (unpaired) electrons. The first-order valence-electron chi connectivity index (χ1n) is 9.32. The van der Waals surface area contributed by atoms with E-state index >= 15 is 0 Å². The molecule has 3 heterocycles. The minimum absolute atomic E-state index is 0.0134. The summed E-state index contributed by atoms with van der Waals surface area (Å²) >= 11 is 0. The van der Waals surface area contributed by atoms with E-state index in [2.05, 4.69) is 25.4 Å². The Balaban J connectivity index is 1.47. The van der Waals surface area contributed by atoms with Gasteiger partial charge in [-0.25, -0.2) is 9.67 Å². The molecule has 12 heteroatoms. The molecule has 1 N–H and O–H groups in total. The zero-order valence-electron chi connectivity index (χ0n) is 15.7. The number of alkyl halides is 3. The molecule has 2 fully saturated rings. The molecule has 1 saturated heterocycles. The van der Waals surface area contributed by atoms with E-state index in [0.717, 1.165) is 25.5 Å². The zero-order chi connectivity index (χ0) is 20.4. The molecule has 2 atom stereocenters. The largest absolute Gasteiger partial charge is 0.469 e. The summed E-state index contributed by atoms with van der Waals surface area (Å²) in [6, 6.07) is 0.392. The van der Waals surface area contributed by atoms with Crippen molar-refractivity contribution in [2.75, 3.05) is 25.6 Å². The molecule has 0 spiro atoms. The third-order valence-electron chi connectivity index (χ3n) is 4.97. The molecule has 0 bridgehead atoms. The molecule has 2 aromatic rings. The Morgan fingerprint density at radius 3 is 2.72 bits per heavy atom. The standard InChI is InChI=1S/C17H21F3N6O3/c1-27-16-22-9-26(25-16)11-4-2-3-10(5-11)23-15-21-6-13(17(18,19)20)14(24-15)29-12-7-28-8-12/h6,9-12H,2-5,7-8H2,1H3,(H,21,23,24)/t10-,11+/m0/s1. The second-order valence-electron chi connectivity index (χ2n) is 7.06. The van der Waals surface area contributed by atoms with Crippen LogP contribution in [0.3, 0.4) is 0 Å². The monoisotopic (exact) mass is 414 g/mol. The number of hydrogen-bond donors (Lipinski definition) is 1. The highest BCUT2D eigenvalue weighted by molar-refractivity contribution is 5.36. The fourth-order valence-electron chi connectivity index (χ4n) is 3.41. The normalized spacial score (nSPS) is 22.8. The van der Waals surface area contributed by atoms with Gasteiger partial charge in [-0.3, -0.25) is 0 Å². The van der Waals surface area contributed by atoms with E-state index in [1.807, 2.05) is 0 Å². The van der Waals surface area contributed by atoms with Crippen LogP contribution in [0.5, 0.6) is 11.9 Å². The highest BCUT2D eigenvalue weighted by Crippen LogP contribution is 2.36. The first-order valence-corrected chi connectivity index (χ1v) is 9.32. The summed E-state index contributed by atoms with van der Waals surface area (Å²) < 4.78 is 56.8. The third kappa shape index (κ3) is 4.52. The van der Waals surface area contributed by atoms with Gasteiger partial charge in [-0.15, -0.1) is 5.10 Å². The van der Waals surface area contributed by atoms with Gasteiger partial charge in [-0.05, 0) is 25.7 Å². The van der Waals surface area contributed by atoms with Crippen molar-refractivity contribution in [1.82, 2.24) is 24.7 Å². The fourth-order valence-corrected chi connectivity index (χ4v) is 3.41. The van der Waals surface area contributed by atoms with Gasteiger partial charge in [-0.2, -0.15) is 23.1 Å². The fraction of sp³-hybridized carbons (Fsp3) is 0.647. The smallest absolute Gasteiger partial charge is 0.423 e. The SMILES string of the molecule is COc1ncn([C@@H]2CCC[C@H](Nc3ncc(C(F)(F)F)c(OC4COC4)n3)C2)n1. The molecule has 158 valence electrons. The first kappa shape index (κ1) is 19.7. The number of rotatable bonds is 6. The van der Waals surface area contributed by atoms with Crippen LogP contribution < -0.4 is 14.8 Å². The predicted molar refractivity (Wildman–Crippen MR) is 93.8 cm³/mol. The molecular weight excluding hydrogens is 393 g/mol. The summed E-state index contributed by atoms with van der Waals surface area (Å²) in [4.78, 5) is 11.9. The van der Waals surface area contributed by atoms with Gasteiger partial charge >= 0.3 is 12.2 Å². The summed E-state index contributed by atoms with van der Waals surface area (Å²) in [6.45, 7) is 0.492. The van der Waals surface area contributed by atoms with E-state index in [4.69, 9.17) is 14.2 Å². The minimum Gasteiger partial charge on any atom is -0.469 e. The molecule has 0 amide bonds. The van der Waals surface area contributed by atoms with Crippen molar-refractivity contribution >= 4 is 5.95 Å². The van der Waals surface area contributed by atoms with E-state index in [9.17, 15) is 13.2 Å². The summed E-state index contributed by atoms with van der Waals surface area (Å²) in [5, 5.41) is 7.40. The van der Waals surface area contributed by atoms with Crippen LogP contribution in [0.1, 0.15) is 37.3 Å². The molecular formula is C17H21F3N6O3. The molecule has 1 aliphatic heterocycles. The Bertz CT molecular complexity index is 842. The van der Waals surface area contributed by atoms with Gasteiger partial charge in [-0.1, -0.05) is 0 Å². The number of nitrogens with zero attached hydrogens (tertiary/aromatic N) is 5. The second-order valence-corrected chi connectivity index (χ2v) is 7.06. The van der Waals surface area contributed by atoms with E-state index in [0.29, 0.717) is 12.4 Å². The molecule has 9 nitrogen and oxygen atoms in total. The summed E-state index contributed by atoms with van der Waals surface area (Å²) in [5.74, 6) is -0.369. The Hall–Kier alpha value is -2.63. The average Bonchev–Trinajstić information content (AvgIpc) is 3.13. The maximum absolute atomic E-state index is 13.2. The number of aromatic nitrogens is 5. The number of hydrogen-bond acceptors (Lipinski definition) is 8. The van der Waals surface area contributed by atoms with E-state index in [-0.39, 0.29) is 31.2 Å². The van der Waals surface area contributed by atoms with Crippen molar-refractivity contribution in [2.45, 2.75) is 50.0 Å². The van der Waals surface area contributed by atoms with Gasteiger partial charge in [0.2, 0.25) is 11.8 Å². The highest BCUT2D eigenvalue weighted by Gasteiger charge is 2.38.